The van der Waals surface area contributed by atoms with Gasteiger partial charge in [-0.15, -0.1) is 0 Å². The van der Waals surface area contributed by atoms with Crippen molar-refractivity contribution >= 4 is 11.9 Å². The molecule has 0 bridgehead atoms. The van der Waals surface area contributed by atoms with Crippen LogP contribution in [0.3, 0.4) is 0 Å². The Morgan fingerprint density at radius 1 is 0.931 bits per heavy atom. The van der Waals surface area contributed by atoms with Gasteiger partial charge in [0.25, 0.3) is 0 Å². The standard InChI is InChI=1S/C21H22O8/c1-27-16-6-10(4-5-14(16)22)19-12-7-15(23)17(28-2)8-11(12)13(9-18(24)29-3)20(19)21(25)26/h4-8,13,19-20,22-23H,9H2,1-3H3,(H,25,26)/t13-,19-,20-/m0/s1. The summed E-state index contributed by atoms with van der Waals surface area (Å²) in [5, 5.41) is 30.2. The predicted octanol–water partition coefficient (Wildman–Crippen LogP) is 2.61. The van der Waals surface area contributed by atoms with Gasteiger partial charge >= 0.3 is 11.9 Å². The second-order valence-corrected chi connectivity index (χ2v) is 6.81. The molecule has 0 unspecified atom stereocenters. The number of carboxylic acid groups (broad SMARTS) is 1. The zero-order valence-electron chi connectivity index (χ0n) is 16.2. The third-order valence-corrected chi connectivity index (χ3v) is 5.37. The topological polar surface area (TPSA) is 123 Å². The van der Waals surface area contributed by atoms with Gasteiger partial charge in [-0.25, -0.2) is 0 Å². The number of carbonyl (C=O) groups is 2. The summed E-state index contributed by atoms with van der Waals surface area (Å²) in [4.78, 5) is 24.3. The molecule has 3 N–H and O–H groups in total. The molecule has 1 aliphatic carbocycles. The molecule has 0 aliphatic heterocycles. The molecule has 1 aliphatic rings. The fraction of sp³-hybridized carbons (Fsp3) is 0.333. The number of phenolic OH excluding ortho intramolecular Hbond substituents is 2. The van der Waals surface area contributed by atoms with Crippen LogP contribution in [0.25, 0.3) is 0 Å². The molecular weight excluding hydrogens is 380 g/mol. The molecule has 0 spiro atoms. The number of carbonyl (C=O) groups excluding carboxylic acids is 1. The molecule has 2 aromatic rings. The number of aromatic hydroxyl groups is 2. The summed E-state index contributed by atoms with van der Waals surface area (Å²) in [7, 11) is 4.03. The molecule has 0 heterocycles. The van der Waals surface area contributed by atoms with Gasteiger partial charge in [-0.05, 0) is 41.0 Å². The van der Waals surface area contributed by atoms with Gasteiger partial charge in [0.15, 0.2) is 23.0 Å². The van der Waals surface area contributed by atoms with E-state index in [9.17, 15) is 24.9 Å². The van der Waals surface area contributed by atoms with E-state index in [1.165, 1.54) is 33.5 Å². The van der Waals surface area contributed by atoms with Gasteiger partial charge in [-0.2, -0.15) is 0 Å². The van der Waals surface area contributed by atoms with Gasteiger partial charge in [0.2, 0.25) is 0 Å². The van der Waals surface area contributed by atoms with E-state index in [4.69, 9.17) is 14.2 Å². The van der Waals surface area contributed by atoms with E-state index in [0.29, 0.717) is 16.7 Å². The van der Waals surface area contributed by atoms with E-state index >= 15 is 0 Å². The summed E-state index contributed by atoms with van der Waals surface area (Å²) in [6.07, 6.45) is -0.139. The maximum Gasteiger partial charge on any atom is 0.308 e. The smallest absolute Gasteiger partial charge is 0.308 e. The number of phenols is 2. The van der Waals surface area contributed by atoms with E-state index in [1.54, 1.807) is 18.2 Å². The largest absolute Gasteiger partial charge is 0.504 e. The number of ether oxygens (including phenoxy) is 3. The third kappa shape index (κ3) is 3.53. The first-order valence-electron chi connectivity index (χ1n) is 8.89. The number of esters is 1. The molecule has 0 radical (unpaired) electrons. The van der Waals surface area contributed by atoms with Gasteiger partial charge in [-0.1, -0.05) is 6.07 Å². The quantitative estimate of drug-likeness (QED) is 0.630. The Bertz CT molecular complexity index is 952. The van der Waals surface area contributed by atoms with Crippen LogP contribution in [0.15, 0.2) is 30.3 Å². The Morgan fingerprint density at radius 3 is 2.17 bits per heavy atom. The molecule has 8 nitrogen and oxygen atoms in total. The van der Waals surface area contributed by atoms with Gasteiger partial charge in [-0.3, -0.25) is 9.59 Å². The average Bonchev–Trinajstić information content (AvgIpc) is 3.00. The van der Waals surface area contributed by atoms with Crippen molar-refractivity contribution in [3.8, 4) is 23.0 Å². The fourth-order valence-electron chi connectivity index (χ4n) is 4.06. The van der Waals surface area contributed by atoms with Crippen molar-refractivity contribution in [3.63, 3.8) is 0 Å². The molecule has 2 aromatic carbocycles. The Kier molecular flexibility index (Phi) is 5.54. The second-order valence-electron chi connectivity index (χ2n) is 6.81. The van der Waals surface area contributed by atoms with E-state index in [2.05, 4.69) is 0 Å². The zero-order chi connectivity index (χ0) is 21.3. The lowest BCUT2D eigenvalue weighted by Crippen LogP contribution is -2.25. The highest BCUT2D eigenvalue weighted by Gasteiger charge is 2.47. The van der Waals surface area contributed by atoms with Crippen LogP contribution in [-0.2, 0) is 14.3 Å². The summed E-state index contributed by atoms with van der Waals surface area (Å²) in [6, 6.07) is 7.60. The number of hydrogen-bond acceptors (Lipinski definition) is 7. The van der Waals surface area contributed by atoms with Gasteiger partial charge in [0.05, 0.1) is 33.7 Å². The van der Waals surface area contributed by atoms with Crippen LogP contribution in [0, 0.1) is 5.92 Å². The summed E-state index contributed by atoms with van der Waals surface area (Å²) < 4.78 is 15.1. The van der Waals surface area contributed by atoms with Crippen LogP contribution < -0.4 is 9.47 Å². The van der Waals surface area contributed by atoms with E-state index in [0.717, 1.165) is 0 Å². The Labute approximate surface area is 167 Å². The van der Waals surface area contributed by atoms with Crippen molar-refractivity contribution in [1.29, 1.82) is 0 Å². The Hall–Kier alpha value is -3.42. The molecule has 29 heavy (non-hydrogen) atoms. The fourth-order valence-corrected chi connectivity index (χ4v) is 4.06. The van der Waals surface area contributed by atoms with E-state index in [1.807, 2.05) is 0 Å². The summed E-state index contributed by atoms with van der Waals surface area (Å²) >= 11 is 0. The lowest BCUT2D eigenvalue weighted by molar-refractivity contribution is -0.144. The molecular formula is C21H22O8. The van der Waals surface area contributed by atoms with Gasteiger partial charge in [0, 0.05) is 11.8 Å². The van der Waals surface area contributed by atoms with Crippen LogP contribution >= 0.6 is 0 Å². The molecule has 3 rings (SSSR count). The molecule has 0 saturated heterocycles. The SMILES string of the molecule is COC(=O)C[C@H]1c2cc(OC)c(O)cc2[C@H](c2ccc(O)c(OC)c2)[C@H]1C(=O)O. The van der Waals surface area contributed by atoms with E-state index in [-0.39, 0.29) is 29.4 Å². The van der Waals surface area contributed by atoms with Crippen LogP contribution in [0.2, 0.25) is 0 Å². The number of fused-ring (bicyclic) bond motifs is 1. The highest BCUT2D eigenvalue weighted by atomic mass is 16.5. The predicted molar refractivity (Wildman–Crippen MR) is 102 cm³/mol. The van der Waals surface area contributed by atoms with Crippen molar-refractivity contribution in [3.05, 3.63) is 47.0 Å². The van der Waals surface area contributed by atoms with Crippen molar-refractivity contribution in [2.45, 2.75) is 18.3 Å². The number of aliphatic carboxylic acids is 1. The van der Waals surface area contributed by atoms with Crippen molar-refractivity contribution in [1.82, 2.24) is 0 Å². The number of benzene rings is 2. The normalized spacial score (nSPS) is 20.0. The van der Waals surface area contributed by atoms with Crippen LogP contribution in [-0.4, -0.2) is 48.6 Å². The summed E-state index contributed by atoms with van der Waals surface area (Å²) in [6.45, 7) is 0. The monoisotopic (exact) mass is 402 g/mol. The highest BCUT2D eigenvalue weighted by molar-refractivity contribution is 5.80. The number of rotatable bonds is 6. The van der Waals surface area contributed by atoms with Gasteiger partial charge < -0.3 is 29.5 Å². The highest BCUT2D eigenvalue weighted by Crippen LogP contribution is 2.54. The van der Waals surface area contributed by atoms with Crippen LogP contribution in [0.4, 0.5) is 0 Å². The molecule has 3 atom stereocenters. The van der Waals surface area contributed by atoms with E-state index < -0.39 is 29.7 Å². The maximum atomic E-state index is 12.3. The molecule has 154 valence electrons. The first-order chi connectivity index (χ1) is 13.8. The minimum atomic E-state index is -1.09. The minimum Gasteiger partial charge on any atom is -0.504 e. The van der Waals surface area contributed by atoms with Gasteiger partial charge in [0.1, 0.15) is 0 Å². The summed E-state index contributed by atoms with van der Waals surface area (Å²) in [5.41, 5.74) is 1.73. The molecule has 0 aromatic heterocycles. The average molecular weight is 402 g/mol. The van der Waals surface area contributed by atoms with Crippen LogP contribution in [0.5, 0.6) is 23.0 Å². The minimum absolute atomic E-state index is 0.0787. The molecule has 0 saturated carbocycles. The molecule has 0 fully saturated rings. The van der Waals surface area contributed by atoms with Crippen molar-refractivity contribution < 1.29 is 39.1 Å². The Balaban J connectivity index is 2.23. The Morgan fingerprint density at radius 2 is 1.59 bits per heavy atom. The maximum absolute atomic E-state index is 12.3. The zero-order valence-corrected chi connectivity index (χ0v) is 16.2. The lowest BCUT2D eigenvalue weighted by Gasteiger charge is -2.22. The first-order valence-corrected chi connectivity index (χ1v) is 8.89. The second kappa shape index (κ2) is 7.90. The van der Waals surface area contributed by atoms with Crippen molar-refractivity contribution in [2.75, 3.05) is 21.3 Å². The van der Waals surface area contributed by atoms with Crippen molar-refractivity contribution in [2.24, 2.45) is 5.92 Å². The van der Waals surface area contributed by atoms with Crippen LogP contribution in [0.1, 0.15) is 34.9 Å². The summed E-state index contributed by atoms with van der Waals surface area (Å²) in [5.74, 6) is -3.82. The number of carboxylic acids is 1. The number of hydrogen-bond donors (Lipinski definition) is 3. The lowest BCUT2D eigenvalue weighted by atomic mass is 9.81. The first kappa shape index (κ1) is 20.3. The third-order valence-electron chi connectivity index (χ3n) is 5.37. The number of methoxy groups -OCH3 is 3. The molecule has 8 heteroatoms. The molecule has 0 amide bonds.